The second-order valence-corrected chi connectivity index (χ2v) is 7.95. The number of nitrogens with zero attached hydrogens (tertiary/aromatic N) is 8. The molecule has 11 heteroatoms. The third kappa shape index (κ3) is 4.26. The van der Waals surface area contributed by atoms with E-state index in [2.05, 4.69) is 31.1 Å². The van der Waals surface area contributed by atoms with Crippen LogP contribution in [0.1, 0.15) is 17.2 Å². The van der Waals surface area contributed by atoms with E-state index in [1.807, 2.05) is 54.6 Å². The highest BCUT2D eigenvalue weighted by Crippen LogP contribution is 2.29. The molecule has 0 aliphatic carbocycles. The Morgan fingerprint density at radius 2 is 1.24 bits per heavy atom. The zero-order valence-electron chi connectivity index (χ0n) is 17.7. The standard InChI is InChI=1S/C23H16Cl2N8O/c1-34-21-5-3-2-4-15(21)14-20(22-26-28-30-32(22)18-10-6-16(24)7-11-18)23-27-29-31-33(23)19-12-8-17(25)9-13-19/h2-14H,1H3. The van der Waals surface area contributed by atoms with E-state index in [1.165, 1.54) is 0 Å². The Morgan fingerprint density at radius 1 is 0.735 bits per heavy atom. The first-order valence-corrected chi connectivity index (χ1v) is 10.8. The summed E-state index contributed by atoms with van der Waals surface area (Å²) in [6.45, 7) is 0. The number of hydrogen-bond acceptors (Lipinski definition) is 7. The highest BCUT2D eigenvalue weighted by atomic mass is 35.5. The lowest BCUT2D eigenvalue weighted by atomic mass is 10.1. The lowest BCUT2D eigenvalue weighted by Gasteiger charge is -2.11. The molecule has 0 aliphatic heterocycles. The fourth-order valence-corrected chi connectivity index (χ4v) is 3.64. The van der Waals surface area contributed by atoms with E-state index in [1.54, 1.807) is 40.7 Å². The maximum atomic E-state index is 6.07. The molecule has 0 fully saturated rings. The van der Waals surface area contributed by atoms with Crippen LogP contribution in [0.15, 0.2) is 72.8 Å². The molecule has 5 rings (SSSR count). The molecule has 0 amide bonds. The number of ether oxygens (including phenoxy) is 1. The minimum atomic E-state index is 0.429. The Kier molecular flexibility index (Phi) is 6.03. The van der Waals surface area contributed by atoms with Crippen molar-refractivity contribution in [3.05, 3.63) is 100 Å². The molecule has 3 aromatic carbocycles. The Balaban J connectivity index is 1.73. The Bertz CT molecular complexity index is 1370. The molecule has 0 spiro atoms. The third-order valence-electron chi connectivity index (χ3n) is 5.00. The smallest absolute Gasteiger partial charge is 0.190 e. The second kappa shape index (κ2) is 9.42. The van der Waals surface area contributed by atoms with Crippen molar-refractivity contribution < 1.29 is 4.74 Å². The number of halogens is 2. The van der Waals surface area contributed by atoms with Gasteiger partial charge in [-0.1, -0.05) is 41.4 Å². The zero-order chi connectivity index (χ0) is 23.5. The van der Waals surface area contributed by atoms with Gasteiger partial charge in [0.25, 0.3) is 0 Å². The van der Waals surface area contributed by atoms with Crippen molar-refractivity contribution in [3.8, 4) is 17.1 Å². The van der Waals surface area contributed by atoms with Gasteiger partial charge in [-0.2, -0.15) is 9.36 Å². The molecular weight excluding hydrogens is 475 g/mol. The maximum absolute atomic E-state index is 6.07. The van der Waals surface area contributed by atoms with Gasteiger partial charge >= 0.3 is 0 Å². The van der Waals surface area contributed by atoms with Crippen LogP contribution >= 0.6 is 23.2 Å². The molecule has 0 aliphatic rings. The summed E-state index contributed by atoms with van der Waals surface area (Å²) in [5.74, 6) is 1.53. The van der Waals surface area contributed by atoms with Gasteiger partial charge in [0.1, 0.15) is 5.75 Å². The van der Waals surface area contributed by atoms with Crippen LogP contribution in [0.5, 0.6) is 5.75 Å². The predicted octanol–water partition coefficient (Wildman–Crippen LogP) is 4.54. The highest BCUT2D eigenvalue weighted by molar-refractivity contribution is 6.30. The topological polar surface area (TPSA) is 96.4 Å². The molecule has 2 heterocycles. The quantitative estimate of drug-likeness (QED) is 0.344. The average Bonchev–Trinajstić information content (AvgIpc) is 3.54. The van der Waals surface area contributed by atoms with Crippen molar-refractivity contribution in [2.45, 2.75) is 0 Å². The fraction of sp³-hybridized carbons (Fsp3) is 0.0435. The lowest BCUT2D eigenvalue weighted by molar-refractivity contribution is 0.414. The normalized spacial score (nSPS) is 10.8. The zero-order valence-corrected chi connectivity index (χ0v) is 19.3. The fourth-order valence-electron chi connectivity index (χ4n) is 3.39. The van der Waals surface area contributed by atoms with Crippen LogP contribution in [-0.2, 0) is 0 Å². The van der Waals surface area contributed by atoms with E-state index in [-0.39, 0.29) is 0 Å². The number of benzene rings is 3. The molecule has 0 unspecified atom stereocenters. The summed E-state index contributed by atoms with van der Waals surface area (Å²) in [5, 5.41) is 26.0. The molecule has 0 N–H and O–H groups in total. The number of tetrazole rings is 2. The van der Waals surface area contributed by atoms with Crippen LogP contribution in [0.4, 0.5) is 0 Å². The molecule has 0 atom stereocenters. The summed E-state index contributed by atoms with van der Waals surface area (Å²) in [6, 6.07) is 22.0. The maximum Gasteiger partial charge on any atom is 0.190 e. The molecular formula is C23H16Cl2N8O. The Labute approximate surface area is 204 Å². The minimum Gasteiger partial charge on any atom is -0.496 e. The average molecular weight is 491 g/mol. The van der Waals surface area contributed by atoms with Gasteiger partial charge in [-0.3, -0.25) is 0 Å². The molecule has 0 radical (unpaired) electrons. The van der Waals surface area contributed by atoms with Crippen molar-refractivity contribution >= 4 is 34.9 Å². The first-order valence-electron chi connectivity index (χ1n) is 10.1. The minimum absolute atomic E-state index is 0.429. The number of para-hydroxylation sites is 1. The molecule has 34 heavy (non-hydrogen) atoms. The SMILES string of the molecule is COc1ccccc1C=C(c1nnnn1-c1ccc(Cl)cc1)c1nnnn1-c1ccc(Cl)cc1. The van der Waals surface area contributed by atoms with Crippen molar-refractivity contribution in [1.29, 1.82) is 0 Å². The van der Waals surface area contributed by atoms with E-state index >= 15 is 0 Å². The molecule has 0 saturated carbocycles. The van der Waals surface area contributed by atoms with Crippen LogP contribution < -0.4 is 4.74 Å². The number of rotatable bonds is 6. The van der Waals surface area contributed by atoms with E-state index in [0.29, 0.717) is 33.0 Å². The monoisotopic (exact) mass is 490 g/mol. The van der Waals surface area contributed by atoms with E-state index in [4.69, 9.17) is 27.9 Å². The van der Waals surface area contributed by atoms with Gasteiger partial charge in [0, 0.05) is 15.6 Å². The van der Waals surface area contributed by atoms with Crippen molar-refractivity contribution in [3.63, 3.8) is 0 Å². The second-order valence-electron chi connectivity index (χ2n) is 7.08. The van der Waals surface area contributed by atoms with Gasteiger partial charge in [-0.15, -0.1) is 10.2 Å². The van der Waals surface area contributed by atoms with Crippen LogP contribution in [-0.4, -0.2) is 47.5 Å². The molecule has 0 bridgehead atoms. The molecule has 9 nitrogen and oxygen atoms in total. The van der Waals surface area contributed by atoms with Crippen LogP contribution in [0.2, 0.25) is 10.0 Å². The molecule has 5 aromatic rings. The largest absolute Gasteiger partial charge is 0.496 e. The third-order valence-corrected chi connectivity index (χ3v) is 5.51. The molecule has 2 aromatic heterocycles. The van der Waals surface area contributed by atoms with E-state index < -0.39 is 0 Å². The van der Waals surface area contributed by atoms with Crippen LogP contribution in [0, 0.1) is 0 Å². The summed E-state index contributed by atoms with van der Waals surface area (Å²) < 4.78 is 8.74. The van der Waals surface area contributed by atoms with Crippen molar-refractivity contribution in [2.24, 2.45) is 0 Å². The molecule has 0 saturated heterocycles. The molecule has 168 valence electrons. The van der Waals surface area contributed by atoms with Crippen molar-refractivity contribution in [2.75, 3.05) is 7.11 Å². The summed E-state index contributed by atoms with van der Waals surface area (Å²) in [6.07, 6.45) is 1.88. The predicted molar refractivity (Wildman–Crippen MR) is 128 cm³/mol. The number of aromatic nitrogens is 8. The van der Waals surface area contributed by atoms with Gasteiger partial charge in [0.15, 0.2) is 11.6 Å². The highest BCUT2D eigenvalue weighted by Gasteiger charge is 2.22. The van der Waals surface area contributed by atoms with Gasteiger partial charge in [0.2, 0.25) is 0 Å². The number of hydrogen-bond donors (Lipinski definition) is 0. The van der Waals surface area contributed by atoms with Crippen molar-refractivity contribution in [1.82, 2.24) is 40.4 Å². The van der Waals surface area contributed by atoms with E-state index in [0.717, 1.165) is 16.9 Å². The van der Waals surface area contributed by atoms with Gasteiger partial charge in [0.05, 0.1) is 24.1 Å². The summed E-state index contributed by atoms with van der Waals surface area (Å²) in [5.41, 5.74) is 2.82. The van der Waals surface area contributed by atoms with Crippen LogP contribution in [0.3, 0.4) is 0 Å². The first kappa shape index (κ1) is 21.7. The van der Waals surface area contributed by atoms with Gasteiger partial charge in [-0.25, -0.2) is 0 Å². The first-order chi connectivity index (χ1) is 16.6. The summed E-state index contributed by atoms with van der Waals surface area (Å²) >= 11 is 12.1. The number of methoxy groups -OCH3 is 1. The Hall–Kier alpha value is -4.08. The lowest BCUT2D eigenvalue weighted by Crippen LogP contribution is -2.09. The summed E-state index contributed by atoms with van der Waals surface area (Å²) in [4.78, 5) is 0. The van der Waals surface area contributed by atoms with Crippen LogP contribution in [0.25, 0.3) is 23.0 Å². The summed E-state index contributed by atoms with van der Waals surface area (Å²) in [7, 11) is 1.61. The van der Waals surface area contributed by atoms with Gasteiger partial charge < -0.3 is 4.74 Å². The van der Waals surface area contributed by atoms with E-state index in [9.17, 15) is 0 Å². The Morgan fingerprint density at radius 3 is 1.74 bits per heavy atom. The van der Waals surface area contributed by atoms with Gasteiger partial charge in [-0.05, 0) is 81.5 Å².